The van der Waals surface area contributed by atoms with Crippen LogP contribution in [0.3, 0.4) is 0 Å². The Hall–Kier alpha value is -3.02. The van der Waals surface area contributed by atoms with Crippen LogP contribution in [-0.2, 0) is 4.79 Å². The molecule has 0 atom stereocenters. The first kappa shape index (κ1) is 20.3. The summed E-state index contributed by atoms with van der Waals surface area (Å²) in [5.41, 5.74) is 2.04. The summed E-state index contributed by atoms with van der Waals surface area (Å²) in [6, 6.07) is 19.9. The van der Waals surface area contributed by atoms with E-state index in [1.54, 1.807) is 0 Å². The summed E-state index contributed by atoms with van der Waals surface area (Å²) in [6.45, 7) is 4.75. The van der Waals surface area contributed by atoms with Crippen LogP contribution in [0.4, 0.5) is 16.2 Å². The molecule has 0 saturated carbocycles. The van der Waals surface area contributed by atoms with E-state index in [9.17, 15) is 9.59 Å². The number of carbonyl (C=O) groups is 2. The van der Waals surface area contributed by atoms with Crippen LogP contribution in [0.15, 0.2) is 60.7 Å². The fraction of sp³-hybridized carbons (Fsp3) is 0.417. The summed E-state index contributed by atoms with van der Waals surface area (Å²) in [6.07, 6.45) is 2.37. The van der Waals surface area contributed by atoms with E-state index in [0.29, 0.717) is 25.4 Å². The monoisotopic (exact) mass is 406 g/mol. The Kier molecular flexibility index (Phi) is 6.52. The van der Waals surface area contributed by atoms with Gasteiger partial charge in [-0.15, -0.1) is 0 Å². The zero-order valence-corrected chi connectivity index (χ0v) is 17.4. The highest BCUT2D eigenvalue weighted by Crippen LogP contribution is 2.23. The van der Waals surface area contributed by atoms with Crippen molar-refractivity contribution >= 4 is 23.3 Å². The zero-order chi connectivity index (χ0) is 20.8. The summed E-state index contributed by atoms with van der Waals surface area (Å²) in [4.78, 5) is 31.4. The highest BCUT2D eigenvalue weighted by molar-refractivity contribution is 5.89. The number of rotatable bonds is 4. The Bertz CT molecular complexity index is 827. The van der Waals surface area contributed by atoms with E-state index >= 15 is 0 Å². The van der Waals surface area contributed by atoms with Gasteiger partial charge in [0.05, 0.1) is 0 Å². The number of carbonyl (C=O) groups excluding carboxylic acids is 2. The van der Waals surface area contributed by atoms with Gasteiger partial charge in [-0.25, -0.2) is 4.79 Å². The van der Waals surface area contributed by atoms with E-state index < -0.39 is 0 Å². The fourth-order valence-electron chi connectivity index (χ4n) is 4.29. The third-order valence-corrected chi connectivity index (χ3v) is 6.14. The second kappa shape index (κ2) is 9.65. The van der Waals surface area contributed by atoms with Gasteiger partial charge in [0.2, 0.25) is 5.91 Å². The van der Waals surface area contributed by atoms with Crippen molar-refractivity contribution in [1.82, 2.24) is 9.80 Å². The largest absolute Gasteiger partial charge is 0.368 e. The molecule has 4 rings (SSSR count). The maximum Gasteiger partial charge on any atom is 0.321 e. The maximum absolute atomic E-state index is 12.8. The standard InChI is InChI=1S/C24H30N4O2/c29-23(27-17-15-26(16-18-27)22-9-5-2-6-10-22)19-20-11-13-28(14-12-20)24(30)25-21-7-3-1-4-8-21/h1-10,20H,11-19H2,(H,25,30). The minimum absolute atomic E-state index is 0.0528. The predicted molar refractivity (Wildman–Crippen MR) is 120 cm³/mol. The number of likely N-dealkylation sites (tertiary alicyclic amines) is 1. The highest BCUT2D eigenvalue weighted by atomic mass is 16.2. The average molecular weight is 407 g/mol. The Morgan fingerprint density at radius 3 is 2.00 bits per heavy atom. The number of hydrogen-bond acceptors (Lipinski definition) is 3. The molecule has 1 N–H and O–H groups in total. The second-order valence-corrected chi connectivity index (χ2v) is 8.13. The summed E-state index contributed by atoms with van der Waals surface area (Å²) in [7, 11) is 0. The first-order valence-corrected chi connectivity index (χ1v) is 10.9. The first-order chi connectivity index (χ1) is 14.7. The molecule has 158 valence electrons. The molecular weight excluding hydrogens is 376 g/mol. The van der Waals surface area contributed by atoms with Crippen LogP contribution in [0.1, 0.15) is 19.3 Å². The smallest absolute Gasteiger partial charge is 0.321 e. The third kappa shape index (κ3) is 5.12. The van der Waals surface area contributed by atoms with Crippen molar-refractivity contribution < 1.29 is 9.59 Å². The molecule has 2 fully saturated rings. The Morgan fingerprint density at radius 1 is 0.767 bits per heavy atom. The molecule has 2 aliphatic heterocycles. The second-order valence-electron chi connectivity index (χ2n) is 8.13. The van der Waals surface area contributed by atoms with Gasteiger partial charge in [0.25, 0.3) is 0 Å². The molecule has 0 bridgehead atoms. The molecule has 30 heavy (non-hydrogen) atoms. The van der Waals surface area contributed by atoms with Crippen molar-refractivity contribution in [3.8, 4) is 0 Å². The number of anilines is 2. The molecule has 2 aromatic carbocycles. The van der Waals surface area contributed by atoms with Crippen LogP contribution in [0.2, 0.25) is 0 Å². The lowest BCUT2D eigenvalue weighted by molar-refractivity contribution is -0.132. The molecule has 6 heteroatoms. The summed E-state index contributed by atoms with van der Waals surface area (Å²) in [5, 5.41) is 2.94. The molecule has 3 amide bonds. The number of piperazine rings is 1. The topological polar surface area (TPSA) is 55.9 Å². The van der Waals surface area contributed by atoms with Crippen molar-refractivity contribution in [3.63, 3.8) is 0 Å². The minimum atomic E-state index is -0.0528. The predicted octanol–water partition coefficient (Wildman–Crippen LogP) is 3.67. The van der Waals surface area contributed by atoms with E-state index in [0.717, 1.165) is 44.7 Å². The van der Waals surface area contributed by atoms with E-state index in [4.69, 9.17) is 0 Å². The Morgan fingerprint density at radius 2 is 1.37 bits per heavy atom. The number of piperidine rings is 1. The summed E-state index contributed by atoms with van der Waals surface area (Å²) < 4.78 is 0. The van der Waals surface area contributed by atoms with Crippen molar-refractivity contribution in [2.45, 2.75) is 19.3 Å². The van der Waals surface area contributed by atoms with Gasteiger partial charge in [0.1, 0.15) is 0 Å². The summed E-state index contributed by atoms with van der Waals surface area (Å²) >= 11 is 0. The van der Waals surface area contributed by atoms with Gasteiger partial charge in [0, 0.05) is 57.1 Å². The third-order valence-electron chi connectivity index (χ3n) is 6.14. The van der Waals surface area contributed by atoms with Gasteiger partial charge in [-0.1, -0.05) is 36.4 Å². The van der Waals surface area contributed by atoms with Gasteiger partial charge in [-0.3, -0.25) is 4.79 Å². The fourth-order valence-corrected chi connectivity index (χ4v) is 4.29. The van der Waals surface area contributed by atoms with E-state index in [-0.39, 0.29) is 11.9 Å². The van der Waals surface area contributed by atoms with Gasteiger partial charge in [-0.05, 0) is 43.0 Å². The highest BCUT2D eigenvalue weighted by Gasteiger charge is 2.27. The number of para-hydroxylation sites is 2. The van der Waals surface area contributed by atoms with Crippen molar-refractivity contribution in [1.29, 1.82) is 0 Å². The average Bonchev–Trinajstić information content (AvgIpc) is 2.81. The van der Waals surface area contributed by atoms with Gasteiger partial charge in [0.15, 0.2) is 0 Å². The van der Waals surface area contributed by atoms with Crippen molar-refractivity contribution in [3.05, 3.63) is 60.7 Å². The molecule has 0 spiro atoms. The quantitative estimate of drug-likeness (QED) is 0.843. The number of hydrogen-bond donors (Lipinski definition) is 1. The van der Waals surface area contributed by atoms with Crippen LogP contribution in [0.25, 0.3) is 0 Å². The van der Waals surface area contributed by atoms with Gasteiger partial charge < -0.3 is 20.0 Å². The molecule has 0 aromatic heterocycles. The lowest BCUT2D eigenvalue weighted by atomic mass is 9.93. The molecule has 0 aliphatic carbocycles. The van der Waals surface area contributed by atoms with Gasteiger partial charge >= 0.3 is 6.03 Å². The number of amides is 3. The van der Waals surface area contributed by atoms with Crippen LogP contribution < -0.4 is 10.2 Å². The molecule has 2 heterocycles. The minimum Gasteiger partial charge on any atom is -0.368 e. The molecule has 2 saturated heterocycles. The molecule has 0 radical (unpaired) electrons. The van der Waals surface area contributed by atoms with Crippen LogP contribution >= 0.6 is 0 Å². The van der Waals surface area contributed by atoms with Crippen molar-refractivity contribution in [2.75, 3.05) is 49.5 Å². The zero-order valence-electron chi connectivity index (χ0n) is 17.4. The number of urea groups is 1. The lowest BCUT2D eigenvalue weighted by Crippen LogP contribution is -2.49. The van der Waals surface area contributed by atoms with Crippen LogP contribution in [0.5, 0.6) is 0 Å². The molecular formula is C24H30N4O2. The SMILES string of the molecule is O=C(CC1CCN(C(=O)Nc2ccccc2)CC1)N1CCN(c2ccccc2)CC1. The number of nitrogens with zero attached hydrogens (tertiary/aromatic N) is 3. The number of benzene rings is 2. The Balaban J connectivity index is 1.19. The van der Waals surface area contributed by atoms with Crippen LogP contribution in [-0.4, -0.2) is 61.0 Å². The first-order valence-electron chi connectivity index (χ1n) is 10.9. The number of nitrogens with one attached hydrogen (secondary N) is 1. The maximum atomic E-state index is 12.8. The normalized spacial score (nSPS) is 17.7. The molecule has 0 unspecified atom stereocenters. The van der Waals surface area contributed by atoms with E-state index in [1.807, 2.05) is 46.2 Å². The molecule has 2 aliphatic rings. The van der Waals surface area contributed by atoms with Crippen LogP contribution in [0, 0.1) is 5.92 Å². The van der Waals surface area contributed by atoms with E-state index in [1.165, 1.54) is 5.69 Å². The van der Waals surface area contributed by atoms with Crippen molar-refractivity contribution in [2.24, 2.45) is 5.92 Å². The van der Waals surface area contributed by atoms with E-state index in [2.05, 4.69) is 34.5 Å². The Labute approximate surface area is 178 Å². The molecule has 2 aromatic rings. The molecule has 6 nitrogen and oxygen atoms in total. The summed E-state index contributed by atoms with van der Waals surface area (Å²) in [5.74, 6) is 0.625. The lowest BCUT2D eigenvalue weighted by Gasteiger charge is -2.37. The van der Waals surface area contributed by atoms with Gasteiger partial charge in [-0.2, -0.15) is 0 Å².